The summed E-state index contributed by atoms with van der Waals surface area (Å²) in [6, 6.07) is 20.6. The first-order valence-electron chi connectivity index (χ1n) is 11.9. The summed E-state index contributed by atoms with van der Waals surface area (Å²) >= 11 is 0. The fourth-order valence-corrected chi connectivity index (χ4v) is 4.01. The Hall–Kier alpha value is -4.53. The van der Waals surface area contributed by atoms with Gasteiger partial charge in [0.25, 0.3) is 5.56 Å². The number of carboxylic acids is 1. The van der Waals surface area contributed by atoms with Gasteiger partial charge in [0, 0.05) is 19.0 Å². The minimum atomic E-state index is -1.41. The molecular formula is C28H29N3O6. The molecule has 3 rings (SSSR count). The molecular weight excluding hydrogens is 474 g/mol. The molecule has 2 aromatic carbocycles. The van der Waals surface area contributed by atoms with Crippen LogP contribution in [0.4, 0.5) is 5.69 Å². The number of amides is 2. The maximum absolute atomic E-state index is 13.6. The Labute approximate surface area is 214 Å². The van der Waals surface area contributed by atoms with E-state index in [0.717, 1.165) is 27.7 Å². The average Bonchev–Trinajstić information content (AvgIpc) is 2.89. The van der Waals surface area contributed by atoms with E-state index >= 15 is 0 Å². The van der Waals surface area contributed by atoms with Crippen LogP contribution in [0.15, 0.2) is 77.6 Å². The summed E-state index contributed by atoms with van der Waals surface area (Å²) in [5.41, 5.74) is 1.55. The van der Waals surface area contributed by atoms with Crippen LogP contribution in [0.2, 0.25) is 0 Å². The summed E-state index contributed by atoms with van der Waals surface area (Å²) in [6.45, 7) is 1.15. The van der Waals surface area contributed by atoms with E-state index in [1.807, 2.05) is 60.7 Å². The summed E-state index contributed by atoms with van der Waals surface area (Å²) < 4.78 is 1.01. The minimum Gasteiger partial charge on any atom is -0.481 e. The zero-order chi connectivity index (χ0) is 26.8. The standard InChI is InChI=1S/C28H29N3O6/c1-20(33)30(24(19-32)18-27(35)36)31-23(14-12-21-8-4-2-5-9-21)15-16-25(28(31)37)29-26(34)17-13-22-10-6-3-7-11-22/h2-11,15-16,19,24H,12-14,17-18H2,1H3,(H,29,34)(H,35,36). The van der Waals surface area contributed by atoms with Crippen molar-refractivity contribution in [2.24, 2.45) is 0 Å². The number of carboxylic acid groups (broad SMARTS) is 1. The number of aldehydes is 1. The molecule has 9 nitrogen and oxygen atoms in total. The van der Waals surface area contributed by atoms with Crippen molar-refractivity contribution in [3.05, 3.63) is 100.0 Å². The minimum absolute atomic E-state index is 0.0762. The van der Waals surface area contributed by atoms with Gasteiger partial charge >= 0.3 is 5.97 Å². The largest absolute Gasteiger partial charge is 0.481 e. The van der Waals surface area contributed by atoms with Gasteiger partial charge in [-0.3, -0.25) is 19.2 Å². The van der Waals surface area contributed by atoms with Crippen molar-refractivity contribution < 1.29 is 24.3 Å². The lowest BCUT2D eigenvalue weighted by Gasteiger charge is -2.30. The van der Waals surface area contributed by atoms with Crippen molar-refractivity contribution in [3.63, 3.8) is 0 Å². The first kappa shape index (κ1) is 27.1. The van der Waals surface area contributed by atoms with Gasteiger partial charge in [-0.15, -0.1) is 0 Å². The molecule has 2 amide bonds. The molecule has 0 fully saturated rings. The summed E-state index contributed by atoms with van der Waals surface area (Å²) in [5, 5.41) is 12.7. The highest BCUT2D eigenvalue weighted by atomic mass is 16.4. The summed E-state index contributed by atoms with van der Waals surface area (Å²) in [7, 11) is 0. The van der Waals surface area contributed by atoms with Crippen LogP contribution in [0, 0.1) is 0 Å². The zero-order valence-electron chi connectivity index (χ0n) is 20.5. The molecule has 0 saturated carbocycles. The molecule has 1 atom stereocenters. The van der Waals surface area contributed by atoms with Crippen LogP contribution in [0.3, 0.4) is 0 Å². The number of rotatable bonds is 12. The van der Waals surface area contributed by atoms with Gasteiger partial charge in [-0.1, -0.05) is 60.7 Å². The Kier molecular flexibility index (Phi) is 9.48. The predicted molar refractivity (Wildman–Crippen MR) is 139 cm³/mol. The number of anilines is 1. The van der Waals surface area contributed by atoms with Crippen LogP contribution in [-0.4, -0.2) is 39.9 Å². The van der Waals surface area contributed by atoms with Crippen molar-refractivity contribution in [2.45, 2.75) is 45.1 Å². The molecule has 0 spiro atoms. The number of carbonyl (C=O) groups is 4. The maximum Gasteiger partial charge on any atom is 0.305 e. The van der Waals surface area contributed by atoms with Gasteiger partial charge in [-0.2, -0.15) is 0 Å². The third-order valence-corrected chi connectivity index (χ3v) is 5.80. The van der Waals surface area contributed by atoms with Crippen molar-refractivity contribution in [1.29, 1.82) is 0 Å². The van der Waals surface area contributed by atoms with Gasteiger partial charge in [0.1, 0.15) is 18.0 Å². The van der Waals surface area contributed by atoms with E-state index in [9.17, 15) is 29.1 Å². The number of benzene rings is 2. The molecule has 2 N–H and O–H groups in total. The SMILES string of the molecule is CC(=O)N(C(C=O)CC(=O)O)n1c(CCc2ccccc2)ccc(NC(=O)CCc2ccccc2)c1=O. The molecule has 3 aromatic rings. The van der Waals surface area contributed by atoms with Crippen molar-refractivity contribution >= 4 is 29.8 Å². The van der Waals surface area contributed by atoms with Gasteiger partial charge in [-0.05, 0) is 42.5 Å². The molecule has 1 unspecified atom stereocenters. The highest BCUT2D eigenvalue weighted by Gasteiger charge is 2.28. The van der Waals surface area contributed by atoms with Gasteiger partial charge in [0.15, 0.2) is 0 Å². The first-order chi connectivity index (χ1) is 17.8. The average molecular weight is 504 g/mol. The molecule has 1 heterocycles. The summed E-state index contributed by atoms with van der Waals surface area (Å²) in [4.78, 5) is 62.0. The molecule has 0 radical (unpaired) electrons. The third-order valence-electron chi connectivity index (χ3n) is 5.80. The fraction of sp³-hybridized carbons (Fsp3) is 0.250. The zero-order valence-corrected chi connectivity index (χ0v) is 20.5. The summed E-state index contributed by atoms with van der Waals surface area (Å²) in [5.74, 6) is -2.38. The Morgan fingerprint density at radius 3 is 2.05 bits per heavy atom. The molecule has 9 heteroatoms. The van der Waals surface area contributed by atoms with Crippen LogP contribution in [0.1, 0.15) is 36.6 Å². The molecule has 1 aromatic heterocycles. The number of carbonyl (C=O) groups excluding carboxylic acids is 3. The number of aromatic nitrogens is 1. The van der Waals surface area contributed by atoms with E-state index in [1.165, 1.54) is 6.07 Å². The smallest absolute Gasteiger partial charge is 0.305 e. The second-order valence-electron chi connectivity index (χ2n) is 8.54. The predicted octanol–water partition coefficient (Wildman–Crippen LogP) is 2.73. The van der Waals surface area contributed by atoms with E-state index in [1.54, 1.807) is 6.07 Å². The Bertz CT molecular complexity index is 1300. The summed E-state index contributed by atoms with van der Waals surface area (Å²) in [6.07, 6.45) is 1.10. The quantitative estimate of drug-likeness (QED) is 0.366. The van der Waals surface area contributed by atoms with E-state index in [4.69, 9.17) is 0 Å². The number of hydrogen-bond donors (Lipinski definition) is 2. The van der Waals surface area contributed by atoms with Gasteiger partial charge in [-0.25, -0.2) is 9.69 Å². The Balaban J connectivity index is 1.95. The van der Waals surface area contributed by atoms with Crippen LogP contribution >= 0.6 is 0 Å². The first-order valence-corrected chi connectivity index (χ1v) is 11.9. The molecule has 192 valence electrons. The van der Waals surface area contributed by atoms with E-state index < -0.39 is 35.8 Å². The lowest BCUT2D eigenvalue weighted by Crippen LogP contribution is -2.54. The topological polar surface area (TPSA) is 126 Å². The normalized spacial score (nSPS) is 11.4. The molecule has 0 bridgehead atoms. The third kappa shape index (κ3) is 7.47. The van der Waals surface area contributed by atoms with E-state index in [0.29, 0.717) is 31.2 Å². The van der Waals surface area contributed by atoms with Crippen molar-refractivity contribution in [2.75, 3.05) is 10.3 Å². The van der Waals surface area contributed by atoms with Crippen LogP contribution in [-0.2, 0) is 38.4 Å². The molecule has 0 aliphatic carbocycles. The van der Waals surface area contributed by atoms with Gasteiger partial charge in [0.05, 0.1) is 6.42 Å². The lowest BCUT2D eigenvalue weighted by atomic mass is 10.1. The second-order valence-corrected chi connectivity index (χ2v) is 8.54. The number of hydrogen-bond acceptors (Lipinski definition) is 5. The Morgan fingerprint density at radius 2 is 1.51 bits per heavy atom. The van der Waals surface area contributed by atoms with Gasteiger partial charge < -0.3 is 15.2 Å². The number of aryl methyl sites for hydroxylation is 3. The van der Waals surface area contributed by atoms with Crippen LogP contribution in [0.25, 0.3) is 0 Å². The van der Waals surface area contributed by atoms with Crippen molar-refractivity contribution in [3.8, 4) is 0 Å². The monoisotopic (exact) mass is 503 g/mol. The lowest BCUT2D eigenvalue weighted by molar-refractivity contribution is -0.138. The highest BCUT2D eigenvalue weighted by Crippen LogP contribution is 2.13. The molecule has 0 aliphatic rings. The fourth-order valence-electron chi connectivity index (χ4n) is 4.01. The van der Waals surface area contributed by atoms with E-state index in [-0.39, 0.29) is 12.1 Å². The van der Waals surface area contributed by atoms with Gasteiger partial charge in [0.2, 0.25) is 11.8 Å². The second kappa shape index (κ2) is 13.0. The van der Waals surface area contributed by atoms with Crippen LogP contribution < -0.4 is 15.9 Å². The maximum atomic E-state index is 13.6. The molecule has 0 aliphatic heterocycles. The number of pyridine rings is 1. The highest BCUT2D eigenvalue weighted by molar-refractivity contribution is 5.92. The number of nitrogens with one attached hydrogen (secondary N) is 1. The molecule has 37 heavy (non-hydrogen) atoms. The number of aliphatic carboxylic acids is 1. The number of nitrogens with zero attached hydrogens (tertiary/aromatic N) is 2. The molecule has 0 saturated heterocycles. The van der Waals surface area contributed by atoms with Crippen molar-refractivity contribution in [1.82, 2.24) is 4.68 Å². The Morgan fingerprint density at radius 1 is 0.919 bits per heavy atom. The van der Waals surface area contributed by atoms with Crippen LogP contribution in [0.5, 0.6) is 0 Å². The van der Waals surface area contributed by atoms with E-state index in [2.05, 4.69) is 5.32 Å².